The molecule has 102 valence electrons. The number of aromatic nitrogens is 3. The molecule has 19 heavy (non-hydrogen) atoms. The fourth-order valence-electron chi connectivity index (χ4n) is 1.71. The zero-order chi connectivity index (χ0) is 13.7. The van der Waals surface area contributed by atoms with Gasteiger partial charge in [-0.1, -0.05) is 0 Å². The normalized spacial score (nSPS) is 12.2. The van der Waals surface area contributed by atoms with Gasteiger partial charge < -0.3 is 21.4 Å². The van der Waals surface area contributed by atoms with Crippen molar-refractivity contribution in [2.24, 2.45) is 5.73 Å². The topological polar surface area (TPSA) is 91.7 Å². The van der Waals surface area contributed by atoms with Gasteiger partial charge in [-0.3, -0.25) is 0 Å². The van der Waals surface area contributed by atoms with Gasteiger partial charge in [-0.15, -0.1) is 0 Å². The van der Waals surface area contributed by atoms with Crippen LogP contribution in [0.4, 0.5) is 11.6 Å². The number of aromatic amines is 1. The zero-order valence-electron chi connectivity index (χ0n) is 11.3. The first-order valence-electron chi connectivity index (χ1n) is 6.36. The molecule has 0 fully saturated rings. The molecule has 5 N–H and O–H groups in total. The van der Waals surface area contributed by atoms with Crippen molar-refractivity contribution in [3.63, 3.8) is 0 Å². The first-order chi connectivity index (χ1) is 9.17. The second-order valence-electron chi connectivity index (χ2n) is 4.52. The van der Waals surface area contributed by atoms with Crippen molar-refractivity contribution >= 4 is 11.6 Å². The predicted octanol–water partition coefficient (Wildman–Crippen LogP) is 1.48. The molecule has 1 unspecified atom stereocenters. The molecule has 0 aromatic carbocycles. The monoisotopic (exact) mass is 260 g/mol. The summed E-state index contributed by atoms with van der Waals surface area (Å²) in [6, 6.07) is 6.07. The van der Waals surface area contributed by atoms with Gasteiger partial charge in [0.05, 0.1) is 6.54 Å². The molecule has 0 aliphatic carbocycles. The molecular weight excluding hydrogens is 240 g/mol. The third kappa shape index (κ3) is 3.96. The summed E-state index contributed by atoms with van der Waals surface area (Å²) in [5.41, 5.74) is 6.71. The van der Waals surface area contributed by atoms with Gasteiger partial charge in [-0.25, -0.2) is 9.97 Å². The minimum Gasteiger partial charge on any atom is -0.366 e. The Morgan fingerprint density at radius 1 is 1.37 bits per heavy atom. The number of hydrogen-bond acceptors (Lipinski definition) is 5. The van der Waals surface area contributed by atoms with Crippen LogP contribution in [0.15, 0.2) is 24.4 Å². The Morgan fingerprint density at radius 2 is 2.16 bits per heavy atom. The minimum absolute atomic E-state index is 0.186. The number of aryl methyl sites for hydroxylation is 1. The van der Waals surface area contributed by atoms with E-state index in [1.165, 1.54) is 0 Å². The van der Waals surface area contributed by atoms with Crippen LogP contribution in [0.3, 0.4) is 0 Å². The highest BCUT2D eigenvalue weighted by Gasteiger charge is 2.04. The lowest BCUT2D eigenvalue weighted by Gasteiger charge is -2.13. The maximum Gasteiger partial charge on any atom is 0.132 e. The molecule has 2 aromatic heterocycles. The van der Waals surface area contributed by atoms with Crippen LogP contribution in [-0.4, -0.2) is 27.5 Å². The molecule has 0 amide bonds. The average Bonchev–Trinajstić information content (AvgIpc) is 2.88. The Morgan fingerprint density at radius 3 is 2.84 bits per heavy atom. The molecule has 0 aliphatic heterocycles. The van der Waals surface area contributed by atoms with Crippen LogP contribution in [0.25, 0.3) is 0 Å². The van der Waals surface area contributed by atoms with E-state index < -0.39 is 0 Å². The second-order valence-corrected chi connectivity index (χ2v) is 4.52. The van der Waals surface area contributed by atoms with Crippen molar-refractivity contribution in [1.29, 1.82) is 0 Å². The molecule has 6 heteroatoms. The highest BCUT2D eigenvalue weighted by Crippen LogP contribution is 2.12. The molecule has 6 nitrogen and oxygen atoms in total. The zero-order valence-corrected chi connectivity index (χ0v) is 11.3. The summed E-state index contributed by atoms with van der Waals surface area (Å²) in [6.45, 7) is 5.16. The van der Waals surface area contributed by atoms with Crippen LogP contribution in [-0.2, 0) is 6.54 Å². The fraction of sp³-hybridized carbons (Fsp3) is 0.385. The van der Waals surface area contributed by atoms with Gasteiger partial charge >= 0.3 is 0 Å². The Balaban J connectivity index is 2.03. The Kier molecular flexibility index (Phi) is 4.35. The molecule has 0 bridgehead atoms. The van der Waals surface area contributed by atoms with Gasteiger partial charge in [-0.05, 0) is 26.0 Å². The lowest BCUT2D eigenvalue weighted by molar-refractivity contribution is 0.795. The molecule has 0 radical (unpaired) electrons. The average molecular weight is 260 g/mol. The van der Waals surface area contributed by atoms with E-state index in [4.69, 9.17) is 5.73 Å². The van der Waals surface area contributed by atoms with E-state index in [0.29, 0.717) is 13.1 Å². The van der Waals surface area contributed by atoms with E-state index in [9.17, 15) is 0 Å². The number of hydrogen-bond donors (Lipinski definition) is 4. The van der Waals surface area contributed by atoms with Crippen molar-refractivity contribution in [2.45, 2.75) is 26.4 Å². The molecule has 2 aromatic rings. The third-order valence-electron chi connectivity index (χ3n) is 2.71. The number of H-pyrrole nitrogens is 1. The molecule has 2 rings (SSSR count). The first-order valence-corrected chi connectivity index (χ1v) is 6.36. The van der Waals surface area contributed by atoms with Crippen molar-refractivity contribution in [2.75, 3.05) is 17.2 Å². The lowest BCUT2D eigenvalue weighted by Crippen LogP contribution is -2.25. The molecule has 0 saturated carbocycles. The van der Waals surface area contributed by atoms with E-state index in [0.717, 1.165) is 23.2 Å². The summed E-state index contributed by atoms with van der Waals surface area (Å²) in [6.07, 6.45) is 1.90. The maximum absolute atomic E-state index is 5.59. The quantitative estimate of drug-likeness (QED) is 0.631. The summed E-state index contributed by atoms with van der Waals surface area (Å²) < 4.78 is 0. The highest BCUT2D eigenvalue weighted by atomic mass is 15.1. The Labute approximate surface area is 112 Å². The number of nitrogens with two attached hydrogens (primary N) is 1. The predicted molar refractivity (Wildman–Crippen MR) is 77.0 cm³/mol. The minimum atomic E-state index is 0.186. The summed E-state index contributed by atoms with van der Waals surface area (Å²) in [7, 11) is 0. The van der Waals surface area contributed by atoms with E-state index in [1.807, 2.05) is 38.2 Å². The number of nitrogens with zero attached hydrogens (tertiary/aromatic N) is 2. The molecule has 1 atom stereocenters. The largest absolute Gasteiger partial charge is 0.366 e. The maximum atomic E-state index is 5.59. The van der Waals surface area contributed by atoms with Gasteiger partial charge in [-0.2, -0.15) is 0 Å². The number of nitrogens with one attached hydrogen (secondary N) is 3. The molecule has 0 spiro atoms. The van der Waals surface area contributed by atoms with E-state index >= 15 is 0 Å². The lowest BCUT2D eigenvalue weighted by atomic mass is 10.3. The first kappa shape index (κ1) is 13.4. The van der Waals surface area contributed by atoms with Crippen molar-refractivity contribution in [1.82, 2.24) is 15.0 Å². The van der Waals surface area contributed by atoms with Crippen molar-refractivity contribution in [3.05, 3.63) is 35.9 Å². The summed E-state index contributed by atoms with van der Waals surface area (Å²) in [4.78, 5) is 11.8. The number of rotatable bonds is 6. The van der Waals surface area contributed by atoms with E-state index in [2.05, 4.69) is 25.6 Å². The second kappa shape index (κ2) is 6.19. The SMILES string of the molecule is Cc1nc(NCc2ccc[nH]2)cc(NC(C)CN)n1. The highest BCUT2D eigenvalue weighted by molar-refractivity contribution is 5.48. The van der Waals surface area contributed by atoms with Crippen molar-refractivity contribution in [3.8, 4) is 0 Å². The van der Waals surface area contributed by atoms with Crippen LogP contribution in [0.1, 0.15) is 18.4 Å². The van der Waals surface area contributed by atoms with Crippen LogP contribution < -0.4 is 16.4 Å². The van der Waals surface area contributed by atoms with Crippen LogP contribution >= 0.6 is 0 Å². The summed E-state index contributed by atoms with van der Waals surface area (Å²) in [5.74, 6) is 2.32. The molecule has 0 saturated heterocycles. The van der Waals surface area contributed by atoms with E-state index in [1.54, 1.807) is 0 Å². The van der Waals surface area contributed by atoms with E-state index in [-0.39, 0.29) is 6.04 Å². The van der Waals surface area contributed by atoms with Crippen LogP contribution in [0.2, 0.25) is 0 Å². The Bertz CT molecular complexity index is 508. The third-order valence-corrected chi connectivity index (χ3v) is 2.71. The fourth-order valence-corrected chi connectivity index (χ4v) is 1.71. The van der Waals surface area contributed by atoms with Gasteiger partial charge in [0, 0.05) is 30.5 Å². The van der Waals surface area contributed by atoms with Gasteiger partial charge in [0.25, 0.3) is 0 Å². The summed E-state index contributed by atoms with van der Waals surface area (Å²) >= 11 is 0. The molecule has 2 heterocycles. The van der Waals surface area contributed by atoms with Gasteiger partial charge in [0.2, 0.25) is 0 Å². The molecule has 0 aliphatic rings. The smallest absolute Gasteiger partial charge is 0.132 e. The van der Waals surface area contributed by atoms with Crippen LogP contribution in [0.5, 0.6) is 0 Å². The standard InChI is InChI=1S/C13H20N6/c1-9(7-14)17-13-6-12(18-10(2)19-13)16-8-11-4-3-5-15-11/h3-6,9,15H,7-8,14H2,1-2H3,(H2,16,17,18,19). The Hall–Kier alpha value is -2.08. The van der Waals surface area contributed by atoms with Crippen molar-refractivity contribution < 1.29 is 0 Å². The molecular formula is C13H20N6. The van der Waals surface area contributed by atoms with Gasteiger partial charge in [0.15, 0.2) is 0 Å². The number of anilines is 2. The summed E-state index contributed by atoms with van der Waals surface area (Å²) in [5, 5.41) is 6.51. The van der Waals surface area contributed by atoms with Crippen LogP contribution in [0, 0.1) is 6.92 Å². The van der Waals surface area contributed by atoms with Gasteiger partial charge in [0.1, 0.15) is 17.5 Å².